The zero-order chi connectivity index (χ0) is 9.84. The van der Waals surface area contributed by atoms with E-state index < -0.39 is 0 Å². The number of nitrogens with zero attached hydrogens (tertiary/aromatic N) is 1. The molecule has 0 unspecified atom stereocenters. The van der Waals surface area contributed by atoms with Gasteiger partial charge in [-0.3, -0.25) is 0 Å². The smallest absolute Gasteiger partial charge is 0.158 e. The van der Waals surface area contributed by atoms with Gasteiger partial charge >= 0.3 is 0 Å². The first kappa shape index (κ1) is 13.8. The van der Waals surface area contributed by atoms with E-state index in [4.69, 9.17) is 5.73 Å². The average molecular weight is 322 g/mol. The number of aryl methyl sites for hydroxylation is 2. The van der Waals surface area contributed by atoms with Crippen molar-refractivity contribution in [2.45, 2.75) is 13.8 Å². The summed E-state index contributed by atoms with van der Waals surface area (Å²) in [4.78, 5) is 4.33. The highest BCUT2D eigenvalue weighted by Crippen LogP contribution is 2.23. The number of thioether (sulfide) groups is 1. The number of aliphatic imine (C=N–C) groups is 1. The first-order chi connectivity index (χ1) is 6.15. The molecule has 0 bridgehead atoms. The summed E-state index contributed by atoms with van der Waals surface area (Å²) in [5.74, 6) is 0. The van der Waals surface area contributed by atoms with Gasteiger partial charge in [-0.2, -0.15) is 0 Å². The summed E-state index contributed by atoms with van der Waals surface area (Å²) >= 11 is 1.46. The van der Waals surface area contributed by atoms with Gasteiger partial charge in [-0.05, 0) is 31.2 Å². The van der Waals surface area contributed by atoms with Crippen LogP contribution < -0.4 is 5.73 Å². The molecule has 1 aromatic rings. The molecule has 14 heavy (non-hydrogen) atoms. The number of halogens is 1. The molecule has 0 saturated heterocycles. The van der Waals surface area contributed by atoms with Crippen LogP contribution in [0.15, 0.2) is 23.2 Å². The first-order valence-corrected chi connectivity index (χ1v) is 5.32. The van der Waals surface area contributed by atoms with E-state index in [2.05, 4.69) is 4.99 Å². The fraction of sp³-hybridized carbons (Fsp3) is 0.300. The van der Waals surface area contributed by atoms with Gasteiger partial charge in [0.05, 0.1) is 5.69 Å². The Morgan fingerprint density at radius 2 is 1.79 bits per heavy atom. The zero-order valence-corrected chi connectivity index (χ0v) is 11.7. The third kappa shape index (κ3) is 3.49. The van der Waals surface area contributed by atoms with Crippen molar-refractivity contribution in [1.82, 2.24) is 0 Å². The minimum Gasteiger partial charge on any atom is -0.378 e. The summed E-state index contributed by atoms with van der Waals surface area (Å²) in [7, 11) is 0. The quantitative estimate of drug-likeness (QED) is 0.490. The fourth-order valence-corrected chi connectivity index (χ4v) is 1.32. The Hall–Kier alpha value is -0.230. The monoisotopic (exact) mass is 322 g/mol. The molecule has 0 spiro atoms. The number of amidine groups is 1. The van der Waals surface area contributed by atoms with Crippen molar-refractivity contribution in [1.29, 1.82) is 0 Å². The van der Waals surface area contributed by atoms with Crippen molar-refractivity contribution in [3.63, 3.8) is 0 Å². The van der Waals surface area contributed by atoms with E-state index in [1.54, 1.807) is 0 Å². The van der Waals surface area contributed by atoms with Crippen LogP contribution in [0.5, 0.6) is 0 Å². The Balaban J connectivity index is 0.00000169. The molecule has 0 aliphatic rings. The van der Waals surface area contributed by atoms with Crippen molar-refractivity contribution in [2.24, 2.45) is 10.7 Å². The maximum atomic E-state index is 5.66. The number of rotatable bonds is 1. The molecular weight excluding hydrogens is 307 g/mol. The van der Waals surface area contributed by atoms with Crippen molar-refractivity contribution in [3.8, 4) is 0 Å². The number of nitrogens with two attached hydrogens (primary N) is 1. The average Bonchev–Trinajstić information content (AvgIpc) is 2.11. The van der Waals surface area contributed by atoms with Crippen molar-refractivity contribution in [3.05, 3.63) is 29.3 Å². The van der Waals surface area contributed by atoms with Crippen LogP contribution in [0.25, 0.3) is 0 Å². The molecule has 0 saturated carbocycles. The van der Waals surface area contributed by atoms with E-state index in [0.29, 0.717) is 5.17 Å². The van der Waals surface area contributed by atoms with Gasteiger partial charge in [0, 0.05) is 0 Å². The highest BCUT2D eigenvalue weighted by atomic mass is 127. The van der Waals surface area contributed by atoms with Crippen LogP contribution in [0.3, 0.4) is 0 Å². The van der Waals surface area contributed by atoms with Gasteiger partial charge in [0.15, 0.2) is 5.17 Å². The van der Waals surface area contributed by atoms with Crippen LogP contribution in [0, 0.1) is 13.8 Å². The van der Waals surface area contributed by atoms with E-state index in [1.807, 2.05) is 38.3 Å². The van der Waals surface area contributed by atoms with E-state index >= 15 is 0 Å². The van der Waals surface area contributed by atoms with Gasteiger partial charge in [-0.1, -0.05) is 30.0 Å². The van der Waals surface area contributed by atoms with Crippen molar-refractivity contribution in [2.75, 3.05) is 6.26 Å². The molecule has 0 fully saturated rings. The topological polar surface area (TPSA) is 38.4 Å². The third-order valence-corrected chi connectivity index (χ3v) is 2.38. The molecule has 4 heteroatoms. The molecule has 0 aliphatic carbocycles. The Kier molecular flexibility index (Phi) is 6.19. The molecule has 0 heterocycles. The second kappa shape index (κ2) is 6.29. The lowest BCUT2D eigenvalue weighted by Gasteiger charge is -2.04. The second-order valence-electron chi connectivity index (χ2n) is 2.89. The van der Waals surface area contributed by atoms with E-state index in [-0.39, 0.29) is 24.0 Å². The van der Waals surface area contributed by atoms with Gasteiger partial charge in [-0.15, -0.1) is 24.0 Å². The Labute approximate surface area is 106 Å². The minimum absolute atomic E-state index is 0. The normalized spacial score (nSPS) is 10.9. The van der Waals surface area contributed by atoms with E-state index in [1.165, 1.54) is 11.8 Å². The minimum atomic E-state index is 0. The highest BCUT2D eigenvalue weighted by Gasteiger charge is 2.00. The fourth-order valence-electron chi connectivity index (χ4n) is 1.14. The molecular formula is C10H15IN2S. The maximum absolute atomic E-state index is 5.66. The van der Waals surface area contributed by atoms with Gasteiger partial charge in [0.2, 0.25) is 0 Å². The third-order valence-electron chi connectivity index (χ3n) is 1.87. The molecule has 2 N–H and O–H groups in total. The van der Waals surface area contributed by atoms with E-state index in [9.17, 15) is 0 Å². The van der Waals surface area contributed by atoms with Crippen LogP contribution in [-0.2, 0) is 0 Å². The predicted molar refractivity (Wildman–Crippen MR) is 76.1 cm³/mol. The SMILES string of the molecule is CSC(N)=Nc1c(C)cccc1C.I. The summed E-state index contributed by atoms with van der Waals surface area (Å²) < 4.78 is 0. The van der Waals surface area contributed by atoms with Crippen LogP contribution >= 0.6 is 35.7 Å². The van der Waals surface area contributed by atoms with Crippen LogP contribution in [0.1, 0.15) is 11.1 Å². The summed E-state index contributed by atoms with van der Waals surface area (Å²) in [6.07, 6.45) is 1.92. The van der Waals surface area contributed by atoms with Crippen molar-refractivity contribution < 1.29 is 0 Å². The standard InChI is InChI=1S/C10H14N2S.HI/c1-7-5-4-6-8(2)9(7)12-10(11)13-3;/h4-6H,1-3H3,(H2,11,12);1H. The van der Waals surface area contributed by atoms with Crippen molar-refractivity contribution >= 4 is 46.6 Å². The van der Waals surface area contributed by atoms with Crippen LogP contribution in [0.2, 0.25) is 0 Å². The molecule has 0 aliphatic heterocycles. The van der Waals surface area contributed by atoms with Gasteiger partial charge in [-0.25, -0.2) is 4.99 Å². The summed E-state index contributed by atoms with van der Waals surface area (Å²) in [6, 6.07) is 6.11. The zero-order valence-electron chi connectivity index (χ0n) is 8.57. The van der Waals surface area contributed by atoms with Crippen LogP contribution in [0.4, 0.5) is 5.69 Å². The molecule has 1 rings (SSSR count). The molecule has 0 atom stereocenters. The molecule has 2 nitrogen and oxygen atoms in total. The van der Waals surface area contributed by atoms with Gasteiger partial charge in [0.25, 0.3) is 0 Å². The lowest BCUT2D eigenvalue weighted by Crippen LogP contribution is -2.04. The van der Waals surface area contributed by atoms with Gasteiger partial charge < -0.3 is 5.73 Å². The number of benzene rings is 1. The number of para-hydroxylation sites is 1. The second-order valence-corrected chi connectivity index (χ2v) is 3.72. The Morgan fingerprint density at radius 1 is 1.29 bits per heavy atom. The maximum Gasteiger partial charge on any atom is 0.158 e. The Bertz CT molecular complexity index is 317. The predicted octanol–water partition coefficient (Wildman–Crippen LogP) is 3.23. The molecule has 0 aromatic heterocycles. The molecule has 1 aromatic carbocycles. The van der Waals surface area contributed by atoms with Gasteiger partial charge in [0.1, 0.15) is 0 Å². The highest BCUT2D eigenvalue weighted by molar-refractivity contribution is 14.0. The molecule has 0 radical (unpaired) electrons. The molecule has 78 valence electrons. The van der Waals surface area contributed by atoms with E-state index in [0.717, 1.165) is 16.8 Å². The summed E-state index contributed by atoms with van der Waals surface area (Å²) in [5.41, 5.74) is 8.98. The number of hydrogen-bond acceptors (Lipinski definition) is 2. The molecule has 0 amide bonds. The lowest BCUT2D eigenvalue weighted by atomic mass is 10.1. The largest absolute Gasteiger partial charge is 0.378 e. The summed E-state index contributed by atoms with van der Waals surface area (Å²) in [5, 5.41) is 0.609. The van der Waals surface area contributed by atoms with Crippen LogP contribution in [-0.4, -0.2) is 11.4 Å². The number of hydrogen-bond donors (Lipinski definition) is 1. The summed E-state index contributed by atoms with van der Waals surface area (Å²) in [6.45, 7) is 4.08. The Morgan fingerprint density at radius 3 is 2.21 bits per heavy atom. The first-order valence-electron chi connectivity index (χ1n) is 4.09. The lowest BCUT2D eigenvalue weighted by molar-refractivity contribution is 1.33.